The maximum absolute atomic E-state index is 12.8. The van der Waals surface area contributed by atoms with E-state index in [1.54, 1.807) is 0 Å². The first kappa shape index (κ1) is 18.4. The van der Waals surface area contributed by atoms with Crippen molar-refractivity contribution in [1.82, 2.24) is 9.55 Å². The lowest BCUT2D eigenvalue weighted by atomic mass is 9.86. The van der Waals surface area contributed by atoms with Gasteiger partial charge in [-0.3, -0.25) is 9.36 Å². The molecule has 25 heavy (non-hydrogen) atoms. The molecule has 0 saturated heterocycles. The molecule has 1 aliphatic heterocycles. The second-order valence-corrected chi connectivity index (χ2v) is 8.92. The lowest BCUT2D eigenvalue weighted by Gasteiger charge is -2.26. The number of hydrogen-bond donors (Lipinski definition) is 0. The number of aromatic nitrogens is 2. The van der Waals surface area contributed by atoms with Crippen LogP contribution >= 0.6 is 15.9 Å². The molecule has 0 aliphatic carbocycles. The Labute approximate surface area is 158 Å². The molecule has 0 saturated carbocycles. The third kappa shape index (κ3) is 3.74. The Morgan fingerprint density at radius 2 is 1.92 bits per heavy atom. The first-order valence-electron chi connectivity index (χ1n) is 9.21. The van der Waals surface area contributed by atoms with Crippen LogP contribution in [0.2, 0.25) is 0 Å². The normalized spacial score (nSPS) is 17.4. The maximum atomic E-state index is 12.8. The van der Waals surface area contributed by atoms with Gasteiger partial charge >= 0.3 is 0 Å². The lowest BCUT2D eigenvalue weighted by Crippen LogP contribution is -2.32. The summed E-state index contributed by atoms with van der Waals surface area (Å²) < 4.78 is 2.43. The molecule has 0 bridgehead atoms. The molecule has 3 nitrogen and oxygen atoms in total. The highest BCUT2D eigenvalue weighted by Gasteiger charge is 2.23. The maximum Gasteiger partial charge on any atom is 0.268 e. The van der Waals surface area contributed by atoms with Gasteiger partial charge in [0.15, 0.2) is 0 Å². The number of hydrogen-bond acceptors (Lipinski definition) is 2. The fourth-order valence-corrected chi connectivity index (χ4v) is 4.14. The number of nitrogens with zero attached hydrogens (tertiary/aromatic N) is 2. The largest absolute Gasteiger partial charge is 0.296 e. The topological polar surface area (TPSA) is 34.9 Å². The smallest absolute Gasteiger partial charge is 0.268 e. The van der Waals surface area contributed by atoms with Gasteiger partial charge in [0.2, 0.25) is 0 Å². The molecule has 1 aromatic heterocycles. The Hall–Kier alpha value is -1.42. The summed E-state index contributed by atoms with van der Waals surface area (Å²) in [7, 11) is 0. The van der Waals surface area contributed by atoms with E-state index < -0.39 is 0 Å². The predicted octanol–water partition coefficient (Wildman–Crippen LogP) is 5.33. The molecule has 1 atom stereocenters. The summed E-state index contributed by atoms with van der Waals surface area (Å²) in [5, 5.41) is 0. The molecular formula is C21H27BrN2O. The van der Waals surface area contributed by atoms with Crippen molar-refractivity contribution in [3.8, 4) is 11.3 Å². The van der Waals surface area contributed by atoms with Gasteiger partial charge in [0.05, 0.1) is 5.69 Å². The molecular weight excluding hydrogens is 376 g/mol. The molecule has 1 aromatic carbocycles. The minimum atomic E-state index is 0.0508. The van der Waals surface area contributed by atoms with Crippen LogP contribution in [0.1, 0.15) is 58.3 Å². The molecule has 2 heterocycles. The third-order valence-electron chi connectivity index (χ3n) is 5.15. The van der Waals surface area contributed by atoms with Gasteiger partial charge in [-0.1, -0.05) is 64.8 Å². The zero-order chi connectivity index (χ0) is 18.2. The van der Waals surface area contributed by atoms with Crippen molar-refractivity contribution in [3.05, 3.63) is 50.5 Å². The van der Waals surface area contributed by atoms with E-state index in [2.05, 4.69) is 67.9 Å². The standard InChI is InChI=1S/C21H27BrN2O/c1-5-6-14-11-12-24-17(13-14)23-19(18(22)20(24)25)15-7-9-16(10-8-15)21(2,3)4/h7-10,14H,5-6,11-13H2,1-4H3. The minimum absolute atomic E-state index is 0.0508. The monoisotopic (exact) mass is 402 g/mol. The second kappa shape index (κ2) is 7.06. The molecule has 134 valence electrons. The van der Waals surface area contributed by atoms with Crippen LogP contribution in [-0.4, -0.2) is 9.55 Å². The van der Waals surface area contributed by atoms with Gasteiger partial charge in [0.25, 0.3) is 5.56 Å². The van der Waals surface area contributed by atoms with Gasteiger partial charge in [0, 0.05) is 18.5 Å². The first-order chi connectivity index (χ1) is 11.8. The van der Waals surface area contributed by atoms with Crippen LogP contribution in [0.3, 0.4) is 0 Å². The van der Waals surface area contributed by atoms with Crippen LogP contribution in [0.25, 0.3) is 11.3 Å². The molecule has 0 spiro atoms. The van der Waals surface area contributed by atoms with Crippen molar-refractivity contribution in [1.29, 1.82) is 0 Å². The SMILES string of the molecule is CCCC1CCn2c(nc(-c3ccc(C(C)(C)C)cc3)c(Br)c2=O)C1. The summed E-state index contributed by atoms with van der Waals surface area (Å²) in [6.07, 6.45) is 4.38. The molecule has 0 fully saturated rings. The zero-order valence-electron chi connectivity index (χ0n) is 15.6. The Balaban J connectivity index is 2.01. The second-order valence-electron chi connectivity index (χ2n) is 8.12. The summed E-state index contributed by atoms with van der Waals surface area (Å²) in [5.74, 6) is 1.59. The van der Waals surface area contributed by atoms with E-state index in [1.165, 1.54) is 18.4 Å². The lowest BCUT2D eigenvalue weighted by molar-refractivity contribution is 0.348. The molecule has 3 rings (SSSR count). The van der Waals surface area contributed by atoms with Crippen LogP contribution in [0.5, 0.6) is 0 Å². The van der Waals surface area contributed by atoms with E-state index in [1.807, 2.05) is 4.57 Å². The fourth-order valence-electron chi connectivity index (χ4n) is 3.61. The molecule has 2 aromatic rings. The van der Waals surface area contributed by atoms with E-state index in [4.69, 9.17) is 4.98 Å². The van der Waals surface area contributed by atoms with E-state index >= 15 is 0 Å². The average Bonchev–Trinajstić information content (AvgIpc) is 2.58. The quantitative estimate of drug-likeness (QED) is 0.694. The van der Waals surface area contributed by atoms with E-state index in [0.717, 1.165) is 36.5 Å². The van der Waals surface area contributed by atoms with Gasteiger partial charge in [-0.25, -0.2) is 4.98 Å². The Bertz CT molecular complexity index is 816. The van der Waals surface area contributed by atoms with Gasteiger partial charge < -0.3 is 0 Å². The van der Waals surface area contributed by atoms with E-state index in [9.17, 15) is 4.79 Å². The summed E-state index contributed by atoms with van der Waals surface area (Å²) in [6, 6.07) is 8.44. The van der Waals surface area contributed by atoms with Crippen molar-refractivity contribution in [3.63, 3.8) is 0 Å². The van der Waals surface area contributed by atoms with Crippen LogP contribution in [0.4, 0.5) is 0 Å². The highest BCUT2D eigenvalue weighted by atomic mass is 79.9. The summed E-state index contributed by atoms with van der Waals surface area (Å²) in [4.78, 5) is 17.7. The van der Waals surface area contributed by atoms with Crippen LogP contribution in [-0.2, 0) is 18.4 Å². The summed E-state index contributed by atoms with van der Waals surface area (Å²) in [5.41, 5.74) is 3.22. The Kier molecular flexibility index (Phi) is 5.19. The van der Waals surface area contributed by atoms with Gasteiger partial charge in [-0.05, 0) is 39.2 Å². The Morgan fingerprint density at radius 3 is 2.52 bits per heavy atom. The van der Waals surface area contributed by atoms with Crippen molar-refractivity contribution in [2.45, 2.75) is 65.3 Å². The molecule has 0 N–H and O–H groups in total. The molecule has 0 radical (unpaired) electrons. The Morgan fingerprint density at radius 1 is 1.24 bits per heavy atom. The highest BCUT2D eigenvalue weighted by molar-refractivity contribution is 9.10. The van der Waals surface area contributed by atoms with Crippen molar-refractivity contribution >= 4 is 15.9 Å². The highest BCUT2D eigenvalue weighted by Crippen LogP contribution is 2.30. The molecule has 4 heteroatoms. The number of benzene rings is 1. The number of rotatable bonds is 3. The molecule has 0 amide bonds. The van der Waals surface area contributed by atoms with Crippen LogP contribution in [0.15, 0.2) is 33.5 Å². The summed E-state index contributed by atoms with van der Waals surface area (Å²) in [6.45, 7) is 9.62. The number of fused-ring (bicyclic) bond motifs is 1. The van der Waals surface area contributed by atoms with Gasteiger partial charge in [-0.2, -0.15) is 0 Å². The van der Waals surface area contributed by atoms with Crippen LogP contribution < -0.4 is 5.56 Å². The van der Waals surface area contributed by atoms with Gasteiger partial charge in [0.1, 0.15) is 10.3 Å². The minimum Gasteiger partial charge on any atom is -0.296 e. The molecule has 1 unspecified atom stereocenters. The predicted molar refractivity (Wildman–Crippen MR) is 107 cm³/mol. The van der Waals surface area contributed by atoms with Crippen molar-refractivity contribution < 1.29 is 0 Å². The average molecular weight is 403 g/mol. The fraction of sp³-hybridized carbons (Fsp3) is 0.524. The van der Waals surface area contributed by atoms with E-state index in [-0.39, 0.29) is 11.0 Å². The van der Waals surface area contributed by atoms with Crippen molar-refractivity contribution in [2.24, 2.45) is 5.92 Å². The zero-order valence-corrected chi connectivity index (χ0v) is 17.2. The number of halogens is 1. The first-order valence-corrected chi connectivity index (χ1v) is 10.0. The molecule has 1 aliphatic rings. The summed E-state index contributed by atoms with van der Waals surface area (Å²) >= 11 is 3.50. The van der Waals surface area contributed by atoms with Crippen molar-refractivity contribution in [2.75, 3.05) is 0 Å². The van der Waals surface area contributed by atoms with E-state index in [0.29, 0.717) is 10.4 Å². The van der Waals surface area contributed by atoms with Gasteiger partial charge in [-0.15, -0.1) is 0 Å². The van der Waals surface area contributed by atoms with Crippen LogP contribution in [0, 0.1) is 5.92 Å². The third-order valence-corrected chi connectivity index (χ3v) is 5.86.